The summed E-state index contributed by atoms with van der Waals surface area (Å²) in [6, 6.07) is 4.37. The van der Waals surface area contributed by atoms with Crippen molar-refractivity contribution in [3.05, 3.63) is 47.8 Å². The summed E-state index contributed by atoms with van der Waals surface area (Å²) in [5, 5.41) is 16.3. The van der Waals surface area contributed by atoms with Gasteiger partial charge in [0.05, 0.1) is 18.7 Å². The van der Waals surface area contributed by atoms with Gasteiger partial charge in [0.15, 0.2) is 0 Å². The van der Waals surface area contributed by atoms with Crippen LogP contribution in [0.1, 0.15) is 48.0 Å². The van der Waals surface area contributed by atoms with Crippen LogP contribution in [0.4, 0.5) is 13.2 Å². The first-order valence-electron chi connectivity index (χ1n) is 11.8. The second-order valence-electron chi connectivity index (χ2n) is 9.31. The highest BCUT2D eigenvalue weighted by molar-refractivity contribution is 5.96. The van der Waals surface area contributed by atoms with Crippen molar-refractivity contribution in [2.45, 2.75) is 56.1 Å². The Bertz CT molecular complexity index is 989. The molecule has 35 heavy (non-hydrogen) atoms. The van der Waals surface area contributed by atoms with E-state index in [1.165, 1.54) is 6.07 Å². The molecule has 1 aromatic rings. The third-order valence-electron chi connectivity index (χ3n) is 6.97. The molecule has 3 N–H and O–H groups in total. The van der Waals surface area contributed by atoms with Crippen LogP contribution in [0.25, 0.3) is 0 Å². The number of alkyl halides is 3. The second kappa shape index (κ2) is 10.4. The topological polar surface area (TPSA) is 97.3 Å². The number of aliphatic imine (C=N–C) groups is 1. The first-order chi connectivity index (χ1) is 16.6. The molecule has 1 aliphatic carbocycles. The van der Waals surface area contributed by atoms with E-state index in [4.69, 9.17) is 0 Å². The zero-order valence-corrected chi connectivity index (χ0v) is 19.3. The number of carbonyl (C=O) groups excluding carboxylic acids is 2. The van der Waals surface area contributed by atoms with Crippen molar-refractivity contribution in [2.75, 3.05) is 26.2 Å². The van der Waals surface area contributed by atoms with Crippen LogP contribution in [-0.2, 0) is 11.0 Å². The SMILES string of the molecule is O=C(CNC(=O)c1cccc(C(F)(F)F)c1)N[C@@H]1CCN(C2CCC(O)(N3C=CN=CC3)CC2)C1. The van der Waals surface area contributed by atoms with E-state index < -0.39 is 23.4 Å². The summed E-state index contributed by atoms with van der Waals surface area (Å²) in [4.78, 5) is 32.8. The zero-order valence-electron chi connectivity index (χ0n) is 19.3. The standard InChI is InChI=1S/C24H30F3N5O3/c25-24(26,27)18-3-1-2-17(14-18)22(34)29-15-21(33)30-19-6-11-31(16-19)20-4-7-23(35,8-5-20)32-12-9-28-10-13-32/h1-3,9-10,12,14,19-20,35H,4-8,11,13,15-16H2,(H,29,34)(H,30,33)/t19-,20?,23?/m1/s1. The molecular formula is C24H30F3N5O3. The molecule has 3 aliphatic rings. The molecule has 2 amide bonds. The lowest BCUT2D eigenvalue weighted by Crippen LogP contribution is -2.52. The molecule has 1 saturated carbocycles. The van der Waals surface area contributed by atoms with Crippen molar-refractivity contribution >= 4 is 18.0 Å². The number of hydrogen-bond acceptors (Lipinski definition) is 6. The predicted octanol–water partition coefficient (Wildman–Crippen LogP) is 2.11. The lowest BCUT2D eigenvalue weighted by atomic mass is 9.86. The van der Waals surface area contributed by atoms with Gasteiger partial charge in [-0.1, -0.05) is 6.07 Å². The molecule has 0 spiro atoms. The molecule has 1 atom stereocenters. The Morgan fingerprint density at radius 1 is 1.20 bits per heavy atom. The fraction of sp³-hybridized carbons (Fsp3) is 0.542. The maximum absolute atomic E-state index is 12.8. The summed E-state index contributed by atoms with van der Waals surface area (Å²) in [5.41, 5.74) is -1.92. The molecule has 190 valence electrons. The highest BCUT2D eigenvalue weighted by Gasteiger charge is 2.40. The maximum atomic E-state index is 12.8. The van der Waals surface area contributed by atoms with Crippen LogP contribution in [0.5, 0.6) is 0 Å². The number of nitrogens with one attached hydrogen (secondary N) is 2. The third kappa shape index (κ3) is 6.21. The fourth-order valence-corrected chi connectivity index (χ4v) is 5.02. The largest absolute Gasteiger partial charge is 0.416 e. The zero-order chi connectivity index (χ0) is 25.1. The van der Waals surface area contributed by atoms with E-state index in [0.717, 1.165) is 44.0 Å². The van der Waals surface area contributed by atoms with Crippen LogP contribution >= 0.6 is 0 Å². The Hall–Kier alpha value is -2.92. The number of halogens is 3. The highest BCUT2D eigenvalue weighted by Crippen LogP contribution is 2.35. The van der Waals surface area contributed by atoms with Gasteiger partial charge in [0.1, 0.15) is 5.72 Å². The van der Waals surface area contributed by atoms with Crippen LogP contribution in [0.15, 0.2) is 41.7 Å². The third-order valence-corrected chi connectivity index (χ3v) is 6.97. The normalized spacial score (nSPS) is 27.1. The molecule has 1 aromatic carbocycles. The highest BCUT2D eigenvalue weighted by atomic mass is 19.4. The van der Waals surface area contributed by atoms with Crippen LogP contribution in [0.3, 0.4) is 0 Å². The van der Waals surface area contributed by atoms with Gasteiger partial charge in [-0.3, -0.25) is 19.5 Å². The minimum atomic E-state index is -4.54. The van der Waals surface area contributed by atoms with Gasteiger partial charge in [0.2, 0.25) is 5.91 Å². The van der Waals surface area contributed by atoms with Gasteiger partial charge in [-0.15, -0.1) is 0 Å². The minimum absolute atomic E-state index is 0.0602. The van der Waals surface area contributed by atoms with Gasteiger partial charge in [-0.25, -0.2) is 0 Å². The molecule has 0 radical (unpaired) electrons. The van der Waals surface area contributed by atoms with Crippen LogP contribution in [0.2, 0.25) is 0 Å². The van der Waals surface area contributed by atoms with E-state index in [0.29, 0.717) is 32.0 Å². The second-order valence-corrected chi connectivity index (χ2v) is 9.31. The quantitative estimate of drug-likeness (QED) is 0.564. The Morgan fingerprint density at radius 2 is 1.97 bits per heavy atom. The molecule has 8 nitrogen and oxygen atoms in total. The van der Waals surface area contributed by atoms with E-state index >= 15 is 0 Å². The summed E-state index contributed by atoms with van der Waals surface area (Å²) in [5.74, 6) is -1.11. The molecule has 4 rings (SSSR count). The molecule has 2 aliphatic heterocycles. The van der Waals surface area contributed by atoms with Crippen LogP contribution < -0.4 is 10.6 Å². The number of carbonyl (C=O) groups is 2. The molecule has 0 aromatic heterocycles. The average Bonchev–Trinajstić information content (AvgIpc) is 3.31. The van der Waals surface area contributed by atoms with E-state index in [2.05, 4.69) is 20.5 Å². The monoisotopic (exact) mass is 493 g/mol. The minimum Gasteiger partial charge on any atom is -0.371 e. The van der Waals surface area contributed by atoms with Gasteiger partial charge in [-0.05, 0) is 50.3 Å². The number of nitrogens with zero attached hydrogens (tertiary/aromatic N) is 3. The molecular weight excluding hydrogens is 463 g/mol. The van der Waals surface area contributed by atoms with Crippen molar-refractivity contribution in [1.82, 2.24) is 20.4 Å². The predicted molar refractivity (Wildman–Crippen MR) is 123 cm³/mol. The lowest BCUT2D eigenvalue weighted by Gasteiger charge is -2.45. The molecule has 1 saturated heterocycles. The summed E-state index contributed by atoms with van der Waals surface area (Å²) in [6.45, 7) is 1.81. The first kappa shape index (κ1) is 25.2. The number of rotatable bonds is 6. The maximum Gasteiger partial charge on any atom is 0.416 e. The van der Waals surface area contributed by atoms with Gasteiger partial charge in [-0.2, -0.15) is 13.2 Å². The smallest absolute Gasteiger partial charge is 0.371 e. The number of amides is 2. The first-order valence-corrected chi connectivity index (χ1v) is 11.8. The van der Waals surface area contributed by atoms with Crippen LogP contribution in [-0.4, -0.2) is 76.9 Å². The van der Waals surface area contributed by atoms with Crippen molar-refractivity contribution in [3.8, 4) is 0 Å². The number of aliphatic hydroxyl groups is 1. The van der Waals surface area contributed by atoms with E-state index in [9.17, 15) is 27.9 Å². The average molecular weight is 494 g/mol. The summed E-state index contributed by atoms with van der Waals surface area (Å²) < 4.78 is 38.5. The van der Waals surface area contributed by atoms with Crippen molar-refractivity contribution in [2.24, 2.45) is 4.99 Å². The van der Waals surface area contributed by atoms with Gasteiger partial charge in [0.25, 0.3) is 5.91 Å². The van der Waals surface area contributed by atoms with Crippen molar-refractivity contribution in [1.29, 1.82) is 0 Å². The molecule has 0 bridgehead atoms. The number of benzene rings is 1. The Kier molecular flexibility index (Phi) is 7.46. The Labute approximate surface area is 201 Å². The molecule has 0 unspecified atom stereocenters. The molecule has 2 fully saturated rings. The van der Waals surface area contributed by atoms with Gasteiger partial charge < -0.3 is 20.6 Å². The van der Waals surface area contributed by atoms with E-state index in [-0.39, 0.29) is 24.1 Å². The number of likely N-dealkylation sites (tertiary alicyclic amines) is 1. The van der Waals surface area contributed by atoms with Crippen LogP contribution in [0, 0.1) is 0 Å². The Morgan fingerprint density at radius 3 is 2.66 bits per heavy atom. The number of hydrogen-bond donors (Lipinski definition) is 3. The van der Waals surface area contributed by atoms with Gasteiger partial charge in [0, 0.05) is 49.4 Å². The van der Waals surface area contributed by atoms with Crippen molar-refractivity contribution in [3.63, 3.8) is 0 Å². The van der Waals surface area contributed by atoms with Gasteiger partial charge >= 0.3 is 6.18 Å². The van der Waals surface area contributed by atoms with Crippen molar-refractivity contribution < 1.29 is 27.9 Å². The summed E-state index contributed by atoms with van der Waals surface area (Å²) in [6.07, 6.45) is 4.54. The fourth-order valence-electron chi connectivity index (χ4n) is 5.02. The lowest BCUT2D eigenvalue weighted by molar-refractivity contribution is -0.137. The molecule has 2 heterocycles. The van der Waals surface area contributed by atoms with E-state index in [1.54, 1.807) is 12.4 Å². The molecule has 11 heteroatoms. The summed E-state index contributed by atoms with van der Waals surface area (Å²) >= 11 is 0. The summed E-state index contributed by atoms with van der Waals surface area (Å²) in [7, 11) is 0. The Balaban J connectivity index is 1.20. The van der Waals surface area contributed by atoms with E-state index in [1.807, 2.05) is 11.1 Å².